The Kier molecular flexibility index (Phi) is 11.1. The van der Waals surface area contributed by atoms with Crippen molar-refractivity contribution in [1.82, 2.24) is 9.80 Å². The first-order chi connectivity index (χ1) is 21.2. The summed E-state index contributed by atoms with van der Waals surface area (Å²) < 4.78 is 52.7. The van der Waals surface area contributed by atoms with Gasteiger partial charge < -0.3 is 19.3 Å². The number of carbonyl (C=O) groups is 2. The molecule has 8 nitrogen and oxygen atoms in total. The molecule has 1 unspecified atom stereocenters. The molecule has 3 atom stereocenters. The number of halogens is 3. The number of benzene rings is 1. The lowest BCUT2D eigenvalue weighted by atomic mass is 9.85. The number of likely N-dealkylation sites (tertiary alicyclic amines) is 1. The summed E-state index contributed by atoms with van der Waals surface area (Å²) in [6.07, 6.45) is 2.79. The van der Waals surface area contributed by atoms with Crippen LogP contribution in [0.1, 0.15) is 104 Å². The summed E-state index contributed by atoms with van der Waals surface area (Å²) in [5, 5.41) is 9.34. The molecule has 3 aliphatic rings. The fraction of sp³-hybridized carbons (Fsp3) is 0.697. The normalized spacial score (nSPS) is 27.1. The minimum absolute atomic E-state index is 0.00627. The van der Waals surface area contributed by atoms with Crippen molar-refractivity contribution in [2.75, 3.05) is 18.1 Å². The minimum Gasteiger partial charge on any atom is -0.449 e. The number of hydrogen-bond acceptors (Lipinski definition) is 6. The molecule has 3 fully saturated rings. The van der Waals surface area contributed by atoms with E-state index in [2.05, 4.69) is 20.8 Å². The molecule has 2 heterocycles. The number of nitriles is 1. The average molecular weight is 651 g/mol. The second kappa shape index (κ2) is 14.2. The second-order valence-electron chi connectivity index (χ2n) is 13.2. The van der Waals surface area contributed by atoms with Gasteiger partial charge in [-0.3, -0.25) is 9.69 Å². The van der Waals surface area contributed by atoms with E-state index in [9.17, 15) is 22.8 Å². The van der Waals surface area contributed by atoms with E-state index in [-0.39, 0.29) is 41.1 Å². The van der Waals surface area contributed by atoms with E-state index in [4.69, 9.17) is 27.0 Å². The van der Waals surface area contributed by atoms with Crippen LogP contribution in [-0.4, -0.2) is 69.9 Å². The highest BCUT2D eigenvalue weighted by atomic mass is 32.1. The van der Waals surface area contributed by atoms with Crippen LogP contribution >= 0.6 is 12.2 Å². The number of ether oxygens (including phenoxy) is 2. The maximum absolute atomic E-state index is 13.6. The molecule has 248 valence electrons. The summed E-state index contributed by atoms with van der Waals surface area (Å²) in [5.41, 5.74) is -2.62. The smallest absolute Gasteiger partial charge is 0.417 e. The Labute approximate surface area is 269 Å². The summed E-state index contributed by atoms with van der Waals surface area (Å²) in [4.78, 5) is 31.0. The molecule has 45 heavy (non-hydrogen) atoms. The van der Waals surface area contributed by atoms with E-state index in [1.54, 1.807) is 19.9 Å². The molecule has 0 aromatic heterocycles. The van der Waals surface area contributed by atoms with Crippen molar-refractivity contribution < 1.29 is 32.2 Å². The van der Waals surface area contributed by atoms with Crippen LogP contribution in [0.25, 0.3) is 0 Å². The van der Waals surface area contributed by atoms with E-state index < -0.39 is 28.7 Å². The maximum atomic E-state index is 13.6. The molecule has 2 saturated heterocycles. The van der Waals surface area contributed by atoms with Crippen LogP contribution in [0.5, 0.6) is 0 Å². The highest BCUT2D eigenvalue weighted by Crippen LogP contribution is 2.41. The van der Waals surface area contributed by atoms with Gasteiger partial charge in [-0.15, -0.1) is 0 Å². The Morgan fingerprint density at radius 2 is 1.76 bits per heavy atom. The fourth-order valence-corrected chi connectivity index (χ4v) is 7.79. The standard InChI is InChI=1S/C33H45F3N4O4S/c1-6-7-15-44-31(42)38-21(2)17-23(18-22(38)3)14-16-43-27-12-10-25(11-13-27)40-30(45)39(29(41)32(40,4)5)26-9-8-24(20-37)28(19-26)33(34,35)36/h8-9,19,21-23,25,27H,6-7,10-18H2,1-5H3/t21-,22+,23?,25?,27?. The lowest BCUT2D eigenvalue weighted by Crippen LogP contribution is -2.51. The molecular formula is C33H45F3N4O4S. The molecule has 12 heteroatoms. The third-order valence-electron chi connectivity index (χ3n) is 9.53. The van der Waals surface area contributed by atoms with Crippen LogP contribution in [0.4, 0.5) is 23.7 Å². The molecule has 0 spiro atoms. The van der Waals surface area contributed by atoms with Gasteiger partial charge in [0.15, 0.2) is 5.11 Å². The third-order valence-corrected chi connectivity index (χ3v) is 9.91. The Hall–Kier alpha value is -2.91. The fourth-order valence-electron chi connectivity index (χ4n) is 7.22. The zero-order chi connectivity index (χ0) is 33.1. The molecular weight excluding hydrogens is 605 g/mol. The van der Waals surface area contributed by atoms with Gasteiger partial charge in [0.2, 0.25) is 0 Å². The lowest BCUT2D eigenvalue weighted by Gasteiger charge is -2.42. The van der Waals surface area contributed by atoms with Crippen molar-refractivity contribution in [3.63, 3.8) is 0 Å². The Morgan fingerprint density at radius 3 is 2.33 bits per heavy atom. The van der Waals surface area contributed by atoms with E-state index in [1.165, 1.54) is 11.0 Å². The SMILES string of the molecule is CCCCOC(=O)N1[C@H](C)CC(CCOC2CCC(N3C(=S)N(c4ccc(C#N)c(C(F)(F)F)c4)C(=O)C3(C)C)CC2)C[C@@H]1C. The van der Waals surface area contributed by atoms with Crippen LogP contribution in [0.15, 0.2) is 18.2 Å². The average Bonchev–Trinajstić information content (AvgIpc) is 3.15. The van der Waals surface area contributed by atoms with E-state index in [0.717, 1.165) is 69.9 Å². The van der Waals surface area contributed by atoms with E-state index >= 15 is 0 Å². The number of carbonyl (C=O) groups excluding carboxylic acids is 2. The number of amides is 2. The lowest BCUT2D eigenvalue weighted by molar-refractivity contribution is -0.137. The zero-order valence-electron chi connectivity index (χ0n) is 26.9. The van der Waals surface area contributed by atoms with Gasteiger partial charge in [-0.2, -0.15) is 18.4 Å². The number of piperidine rings is 1. The van der Waals surface area contributed by atoms with Crippen molar-refractivity contribution >= 4 is 35.0 Å². The molecule has 1 saturated carbocycles. The molecule has 2 amide bonds. The number of unbranched alkanes of at least 4 members (excludes halogenated alkanes) is 1. The van der Waals surface area contributed by atoms with Crippen LogP contribution < -0.4 is 4.90 Å². The number of hydrogen-bond donors (Lipinski definition) is 0. The Balaban J connectivity index is 1.30. The van der Waals surface area contributed by atoms with Crippen molar-refractivity contribution in [2.24, 2.45) is 5.92 Å². The Morgan fingerprint density at radius 1 is 1.11 bits per heavy atom. The van der Waals surface area contributed by atoms with E-state index in [1.807, 2.05) is 9.80 Å². The number of anilines is 1. The number of nitrogens with zero attached hydrogens (tertiary/aromatic N) is 4. The maximum Gasteiger partial charge on any atom is 0.417 e. The molecule has 4 rings (SSSR count). The zero-order valence-corrected chi connectivity index (χ0v) is 27.7. The van der Waals surface area contributed by atoms with E-state index in [0.29, 0.717) is 19.1 Å². The quantitative estimate of drug-likeness (QED) is 0.203. The van der Waals surface area contributed by atoms with Gasteiger partial charge in [0.05, 0.1) is 35.6 Å². The van der Waals surface area contributed by atoms with Crippen LogP contribution in [0.2, 0.25) is 0 Å². The van der Waals surface area contributed by atoms with Gasteiger partial charge >= 0.3 is 12.3 Å². The predicted molar refractivity (Wildman–Crippen MR) is 169 cm³/mol. The highest BCUT2D eigenvalue weighted by molar-refractivity contribution is 7.80. The molecule has 1 aromatic rings. The molecule has 0 bridgehead atoms. The van der Waals surface area contributed by atoms with Crippen molar-refractivity contribution in [3.05, 3.63) is 29.3 Å². The molecule has 0 N–H and O–H groups in total. The molecule has 2 aliphatic heterocycles. The summed E-state index contributed by atoms with van der Waals surface area (Å²) >= 11 is 5.71. The van der Waals surface area contributed by atoms with Gasteiger partial charge in [-0.25, -0.2) is 4.79 Å². The summed E-state index contributed by atoms with van der Waals surface area (Å²) in [7, 11) is 0. The topological polar surface area (TPSA) is 86.1 Å². The van der Waals surface area contributed by atoms with Gasteiger partial charge in [0.25, 0.3) is 5.91 Å². The molecule has 1 aromatic carbocycles. The van der Waals surface area contributed by atoms with Crippen molar-refractivity contribution in [2.45, 2.75) is 128 Å². The summed E-state index contributed by atoms with van der Waals surface area (Å²) in [6, 6.07) is 5.01. The Bertz CT molecular complexity index is 1280. The minimum atomic E-state index is -4.74. The first-order valence-electron chi connectivity index (χ1n) is 16.1. The molecule has 0 radical (unpaired) electrons. The number of rotatable bonds is 9. The van der Waals surface area contributed by atoms with Gasteiger partial charge in [-0.1, -0.05) is 13.3 Å². The van der Waals surface area contributed by atoms with Gasteiger partial charge in [-0.05, 0) is 115 Å². The second-order valence-corrected chi connectivity index (χ2v) is 13.6. The number of alkyl halides is 3. The first kappa shape index (κ1) is 35.0. The van der Waals surface area contributed by atoms with Crippen molar-refractivity contribution in [3.8, 4) is 6.07 Å². The van der Waals surface area contributed by atoms with Gasteiger partial charge in [0.1, 0.15) is 5.54 Å². The van der Waals surface area contributed by atoms with Crippen LogP contribution in [-0.2, 0) is 20.4 Å². The first-order valence-corrected chi connectivity index (χ1v) is 16.5. The molecule has 1 aliphatic carbocycles. The van der Waals surface area contributed by atoms with Crippen molar-refractivity contribution in [1.29, 1.82) is 5.26 Å². The monoisotopic (exact) mass is 650 g/mol. The highest BCUT2D eigenvalue weighted by Gasteiger charge is 2.52. The van der Waals surface area contributed by atoms with Gasteiger partial charge in [0, 0.05) is 24.7 Å². The van der Waals surface area contributed by atoms with Crippen LogP contribution in [0, 0.1) is 17.2 Å². The number of thiocarbonyl (C=S) groups is 1. The largest absolute Gasteiger partial charge is 0.449 e. The van der Waals surface area contributed by atoms with Crippen LogP contribution in [0.3, 0.4) is 0 Å². The predicted octanol–water partition coefficient (Wildman–Crippen LogP) is 7.43. The third kappa shape index (κ3) is 7.57. The summed E-state index contributed by atoms with van der Waals surface area (Å²) in [6.45, 7) is 10.8. The summed E-state index contributed by atoms with van der Waals surface area (Å²) in [5.74, 6) is 0.0679.